The van der Waals surface area contributed by atoms with Crippen molar-refractivity contribution in [1.29, 1.82) is 0 Å². The molecule has 0 atom stereocenters. The van der Waals surface area contributed by atoms with Crippen LogP contribution in [0.4, 0.5) is 13.2 Å². The number of hydrogen-bond donors (Lipinski definition) is 0. The molecule has 0 N–H and O–H groups in total. The number of hydrogen-bond acceptors (Lipinski definition) is 3. The lowest BCUT2D eigenvalue weighted by Crippen LogP contribution is -2.35. The summed E-state index contributed by atoms with van der Waals surface area (Å²) in [6.45, 7) is 0.558. The molecule has 0 aliphatic heterocycles. The summed E-state index contributed by atoms with van der Waals surface area (Å²) in [6, 6.07) is 3.80. The third-order valence-electron chi connectivity index (χ3n) is 2.59. The Morgan fingerprint density at radius 3 is 2.43 bits per heavy atom. The normalized spacial score (nSPS) is 12.7. The number of rotatable bonds is 6. The predicted octanol–water partition coefficient (Wildman–Crippen LogP) is 3.01. The molecule has 0 amide bonds. The van der Waals surface area contributed by atoms with Crippen molar-refractivity contribution in [3.05, 3.63) is 23.8 Å². The van der Waals surface area contributed by atoms with E-state index in [0.717, 1.165) is 7.05 Å². The first kappa shape index (κ1) is 18.1. The molecule has 0 heterocycles. The molecule has 0 aliphatic rings. The first-order valence-electron chi connectivity index (χ1n) is 5.96. The van der Waals surface area contributed by atoms with Gasteiger partial charge in [0.15, 0.2) is 0 Å². The number of sulfonamides is 1. The molecule has 0 fully saturated rings. The number of halogens is 4. The van der Waals surface area contributed by atoms with Crippen molar-refractivity contribution in [3.8, 4) is 5.75 Å². The average molecular weight is 346 g/mol. The zero-order valence-electron chi connectivity index (χ0n) is 11.4. The van der Waals surface area contributed by atoms with Gasteiger partial charge in [0, 0.05) is 12.6 Å². The van der Waals surface area contributed by atoms with Gasteiger partial charge in [-0.2, -0.15) is 17.5 Å². The highest BCUT2D eigenvalue weighted by atomic mass is 35.5. The molecular formula is C12H15ClF3NO3S. The van der Waals surface area contributed by atoms with Crippen LogP contribution in [0, 0.1) is 0 Å². The zero-order chi connectivity index (χ0) is 16.3. The minimum absolute atomic E-state index is 0.0122. The second-order valence-corrected chi connectivity index (χ2v) is 6.52. The second-order valence-electron chi connectivity index (χ2n) is 4.21. The molecule has 4 nitrogen and oxygen atoms in total. The average Bonchev–Trinajstić information content (AvgIpc) is 2.37. The van der Waals surface area contributed by atoms with Gasteiger partial charge in [-0.25, -0.2) is 8.42 Å². The van der Waals surface area contributed by atoms with Crippen molar-refractivity contribution in [2.75, 3.05) is 20.2 Å². The van der Waals surface area contributed by atoms with Gasteiger partial charge in [-0.05, 0) is 25.1 Å². The molecule has 120 valence electrons. The van der Waals surface area contributed by atoms with Crippen molar-refractivity contribution in [1.82, 2.24) is 4.31 Å². The minimum atomic E-state index is -4.61. The van der Waals surface area contributed by atoms with E-state index < -0.39 is 22.7 Å². The van der Waals surface area contributed by atoms with E-state index in [9.17, 15) is 21.6 Å². The van der Waals surface area contributed by atoms with Gasteiger partial charge in [0.2, 0.25) is 10.0 Å². The molecule has 1 aromatic rings. The fourth-order valence-electron chi connectivity index (χ4n) is 1.63. The Kier molecular flexibility index (Phi) is 5.89. The minimum Gasteiger partial charge on any atom is -0.494 e. The van der Waals surface area contributed by atoms with Crippen molar-refractivity contribution in [2.24, 2.45) is 0 Å². The van der Waals surface area contributed by atoms with E-state index in [1.807, 2.05) is 0 Å². The first-order valence-corrected chi connectivity index (χ1v) is 7.94. The maximum absolute atomic E-state index is 12.3. The number of alkyl halides is 4. The van der Waals surface area contributed by atoms with Gasteiger partial charge in [-0.3, -0.25) is 0 Å². The van der Waals surface area contributed by atoms with E-state index in [-0.39, 0.29) is 15.1 Å². The summed E-state index contributed by atoms with van der Waals surface area (Å²) in [5.41, 5.74) is 0.403. The van der Waals surface area contributed by atoms with Gasteiger partial charge in [-0.15, -0.1) is 11.6 Å². The van der Waals surface area contributed by atoms with E-state index in [0.29, 0.717) is 17.9 Å². The summed E-state index contributed by atoms with van der Waals surface area (Å²) >= 11 is 5.71. The maximum atomic E-state index is 12.3. The predicted molar refractivity (Wildman–Crippen MR) is 73.0 cm³/mol. The highest BCUT2D eigenvalue weighted by Crippen LogP contribution is 2.27. The molecule has 0 saturated carbocycles. The molecule has 1 aromatic carbocycles. The molecule has 0 spiro atoms. The summed E-state index contributed by atoms with van der Waals surface area (Å²) in [5, 5.41) is 0. The van der Waals surface area contributed by atoms with Crippen LogP contribution < -0.4 is 4.74 Å². The largest absolute Gasteiger partial charge is 0.494 e. The van der Waals surface area contributed by atoms with Gasteiger partial charge in [0.25, 0.3) is 0 Å². The third kappa shape index (κ3) is 4.76. The van der Waals surface area contributed by atoms with Gasteiger partial charge in [0.1, 0.15) is 12.3 Å². The summed E-state index contributed by atoms with van der Waals surface area (Å²) < 4.78 is 66.6. The molecule has 0 saturated heterocycles. The van der Waals surface area contributed by atoms with E-state index >= 15 is 0 Å². The van der Waals surface area contributed by atoms with Crippen LogP contribution in [0.3, 0.4) is 0 Å². The van der Waals surface area contributed by atoms with E-state index in [1.165, 1.54) is 18.2 Å². The Morgan fingerprint density at radius 2 is 1.95 bits per heavy atom. The Balaban J connectivity index is 3.14. The monoisotopic (exact) mass is 345 g/mol. The fourth-order valence-corrected chi connectivity index (χ4v) is 3.05. The van der Waals surface area contributed by atoms with Gasteiger partial charge >= 0.3 is 6.18 Å². The Morgan fingerprint density at radius 1 is 1.33 bits per heavy atom. The number of benzene rings is 1. The highest BCUT2D eigenvalue weighted by Gasteiger charge is 2.35. The molecule has 1 rings (SSSR count). The van der Waals surface area contributed by atoms with Crippen LogP contribution in [0.25, 0.3) is 0 Å². The Hall–Kier alpha value is -0.990. The van der Waals surface area contributed by atoms with Crippen molar-refractivity contribution >= 4 is 21.6 Å². The van der Waals surface area contributed by atoms with Crippen LogP contribution >= 0.6 is 11.6 Å². The lowest BCUT2D eigenvalue weighted by atomic mass is 10.2. The lowest BCUT2D eigenvalue weighted by molar-refractivity contribution is -0.134. The molecular weight excluding hydrogens is 331 g/mol. The van der Waals surface area contributed by atoms with Crippen LogP contribution in [0.15, 0.2) is 23.1 Å². The highest BCUT2D eigenvalue weighted by molar-refractivity contribution is 7.89. The van der Waals surface area contributed by atoms with Crippen LogP contribution in [0.2, 0.25) is 0 Å². The smallest absolute Gasteiger partial charge is 0.402 e. The summed E-state index contributed by atoms with van der Waals surface area (Å²) in [7, 11) is -3.36. The van der Waals surface area contributed by atoms with Gasteiger partial charge < -0.3 is 4.74 Å². The molecule has 0 radical (unpaired) electrons. The van der Waals surface area contributed by atoms with Crippen molar-refractivity contribution < 1.29 is 26.3 Å². The molecule has 0 aromatic heterocycles. The SMILES string of the molecule is CCOc1ccc(S(=O)(=O)N(C)CC(F)(F)F)cc1CCl. The Bertz CT molecular complexity index is 590. The van der Waals surface area contributed by atoms with Gasteiger partial charge in [0.05, 0.1) is 17.4 Å². The van der Waals surface area contributed by atoms with Crippen LogP contribution in [0.1, 0.15) is 12.5 Å². The summed E-state index contributed by atoms with van der Waals surface area (Å²) in [6.07, 6.45) is -4.61. The molecule has 0 unspecified atom stereocenters. The first-order chi connectivity index (χ1) is 9.61. The van der Waals surface area contributed by atoms with Crippen LogP contribution in [-0.2, 0) is 15.9 Å². The zero-order valence-corrected chi connectivity index (χ0v) is 13.0. The Labute approximate surface area is 126 Å². The summed E-state index contributed by atoms with van der Waals surface area (Å²) in [5.74, 6) is 0.395. The quantitative estimate of drug-likeness (QED) is 0.745. The van der Waals surface area contributed by atoms with Crippen LogP contribution in [-0.4, -0.2) is 39.1 Å². The third-order valence-corrected chi connectivity index (χ3v) is 4.67. The lowest BCUT2D eigenvalue weighted by Gasteiger charge is -2.19. The molecule has 21 heavy (non-hydrogen) atoms. The van der Waals surface area contributed by atoms with Crippen molar-refractivity contribution in [2.45, 2.75) is 23.9 Å². The van der Waals surface area contributed by atoms with Crippen molar-refractivity contribution in [3.63, 3.8) is 0 Å². The number of nitrogens with zero attached hydrogens (tertiary/aromatic N) is 1. The van der Waals surface area contributed by atoms with Crippen LogP contribution in [0.5, 0.6) is 5.75 Å². The molecule has 0 bridgehead atoms. The topological polar surface area (TPSA) is 46.6 Å². The van der Waals surface area contributed by atoms with E-state index in [2.05, 4.69) is 0 Å². The molecule has 9 heteroatoms. The standard InChI is InChI=1S/C12H15ClF3NO3S/c1-3-20-11-5-4-10(6-9(11)7-13)21(18,19)17(2)8-12(14,15)16/h4-6H,3,7-8H2,1-2H3. The number of ether oxygens (including phenoxy) is 1. The van der Waals surface area contributed by atoms with E-state index in [4.69, 9.17) is 16.3 Å². The second kappa shape index (κ2) is 6.85. The summed E-state index contributed by atoms with van der Waals surface area (Å²) in [4.78, 5) is -0.256. The maximum Gasteiger partial charge on any atom is 0.402 e. The fraction of sp³-hybridized carbons (Fsp3) is 0.500. The van der Waals surface area contributed by atoms with E-state index in [1.54, 1.807) is 6.92 Å². The van der Waals surface area contributed by atoms with Gasteiger partial charge in [-0.1, -0.05) is 0 Å². The molecule has 0 aliphatic carbocycles.